The lowest BCUT2D eigenvalue weighted by molar-refractivity contribution is -0.123. The number of carbonyl (C=O) groups is 2. The van der Waals surface area contributed by atoms with Crippen molar-refractivity contribution in [2.24, 2.45) is 5.92 Å². The second kappa shape index (κ2) is 10.9. The van der Waals surface area contributed by atoms with Gasteiger partial charge in [0.1, 0.15) is 5.75 Å². The fraction of sp³-hybridized carbons (Fsp3) is 0.440. The van der Waals surface area contributed by atoms with Crippen molar-refractivity contribution in [3.63, 3.8) is 0 Å². The smallest absolute Gasteiger partial charge is 0.258 e. The molecule has 3 rings (SSSR count). The first-order valence-electron chi connectivity index (χ1n) is 10.9. The largest absolute Gasteiger partial charge is 0.484 e. The van der Waals surface area contributed by atoms with Crippen LogP contribution in [-0.4, -0.2) is 36.3 Å². The molecule has 0 unspecified atom stereocenters. The molecular formula is C25H32N2O3. The summed E-state index contributed by atoms with van der Waals surface area (Å²) in [6, 6.07) is 15.3. The van der Waals surface area contributed by atoms with Gasteiger partial charge in [0.2, 0.25) is 0 Å². The molecule has 1 fully saturated rings. The highest BCUT2D eigenvalue weighted by Crippen LogP contribution is 2.18. The van der Waals surface area contributed by atoms with Crippen molar-refractivity contribution in [2.75, 3.05) is 19.7 Å². The van der Waals surface area contributed by atoms with Gasteiger partial charge in [0.15, 0.2) is 12.4 Å². The van der Waals surface area contributed by atoms with Gasteiger partial charge in [-0.05, 0) is 67.2 Å². The summed E-state index contributed by atoms with van der Waals surface area (Å²) in [5, 5.41) is 2.89. The second-order valence-corrected chi connectivity index (χ2v) is 8.14. The number of ether oxygens (including phenoxy) is 1. The monoisotopic (exact) mass is 408 g/mol. The summed E-state index contributed by atoms with van der Waals surface area (Å²) in [4.78, 5) is 26.2. The molecule has 0 aliphatic carbocycles. The SMILES string of the molecule is CCC(=O)c1ccc(OCC(=O)NCc2ccc(CN3CCC(C)CC3)cc2)cc1. The lowest BCUT2D eigenvalue weighted by atomic mass is 9.99. The Bertz CT molecular complexity index is 822. The van der Waals surface area contributed by atoms with Crippen LogP contribution in [0, 0.1) is 5.92 Å². The molecule has 1 amide bonds. The summed E-state index contributed by atoms with van der Waals surface area (Å²) in [5.74, 6) is 1.35. The van der Waals surface area contributed by atoms with Crippen LogP contribution in [0.1, 0.15) is 54.6 Å². The van der Waals surface area contributed by atoms with Crippen LogP contribution < -0.4 is 10.1 Å². The summed E-state index contributed by atoms with van der Waals surface area (Å²) in [6.07, 6.45) is 3.04. The first kappa shape index (κ1) is 22.0. The predicted molar refractivity (Wildman–Crippen MR) is 119 cm³/mol. The summed E-state index contributed by atoms with van der Waals surface area (Å²) in [7, 11) is 0. The van der Waals surface area contributed by atoms with Crippen molar-refractivity contribution < 1.29 is 14.3 Å². The molecule has 1 aliphatic heterocycles. The standard InChI is InChI=1S/C25H32N2O3/c1-3-24(28)22-8-10-23(11-9-22)30-18-25(29)26-16-20-4-6-21(7-5-20)17-27-14-12-19(2)13-15-27/h4-11,19H,3,12-18H2,1-2H3,(H,26,29). The van der Waals surface area contributed by atoms with Crippen LogP contribution in [0.5, 0.6) is 5.75 Å². The lowest BCUT2D eigenvalue weighted by Gasteiger charge is -2.30. The summed E-state index contributed by atoms with van der Waals surface area (Å²) in [5.41, 5.74) is 3.04. The van der Waals surface area contributed by atoms with E-state index >= 15 is 0 Å². The molecule has 0 atom stereocenters. The van der Waals surface area contributed by atoms with Crippen molar-refractivity contribution in [1.82, 2.24) is 10.2 Å². The Balaban J connectivity index is 1.38. The highest BCUT2D eigenvalue weighted by molar-refractivity contribution is 5.95. The Morgan fingerprint density at radius 3 is 2.27 bits per heavy atom. The van der Waals surface area contributed by atoms with Gasteiger partial charge in [0.05, 0.1) is 0 Å². The normalized spacial score (nSPS) is 15.0. The van der Waals surface area contributed by atoms with Crippen molar-refractivity contribution in [3.8, 4) is 5.75 Å². The summed E-state index contributed by atoms with van der Waals surface area (Å²) >= 11 is 0. The van der Waals surface area contributed by atoms with E-state index in [0.29, 0.717) is 24.3 Å². The number of rotatable bonds is 9. The number of hydrogen-bond acceptors (Lipinski definition) is 4. The number of nitrogens with one attached hydrogen (secondary N) is 1. The highest BCUT2D eigenvalue weighted by Gasteiger charge is 2.15. The molecule has 0 radical (unpaired) electrons. The third-order valence-corrected chi connectivity index (χ3v) is 5.66. The maximum atomic E-state index is 12.1. The quantitative estimate of drug-likeness (QED) is 0.632. The van der Waals surface area contributed by atoms with Crippen molar-refractivity contribution in [3.05, 3.63) is 65.2 Å². The maximum Gasteiger partial charge on any atom is 0.258 e. The van der Waals surface area contributed by atoms with Crippen LogP contribution in [0.25, 0.3) is 0 Å². The van der Waals surface area contributed by atoms with E-state index in [2.05, 4.69) is 41.4 Å². The van der Waals surface area contributed by atoms with Gasteiger partial charge in [-0.1, -0.05) is 38.1 Å². The number of likely N-dealkylation sites (tertiary alicyclic amines) is 1. The van der Waals surface area contributed by atoms with Gasteiger partial charge < -0.3 is 10.1 Å². The number of amides is 1. The zero-order valence-corrected chi connectivity index (χ0v) is 18.0. The molecule has 2 aromatic carbocycles. The third kappa shape index (κ3) is 6.70. The minimum Gasteiger partial charge on any atom is -0.484 e. The Morgan fingerprint density at radius 1 is 1.00 bits per heavy atom. The zero-order valence-electron chi connectivity index (χ0n) is 18.0. The van der Waals surface area contributed by atoms with E-state index in [1.165, 1.54) is 31.5 Å². The van der Waals surface area contributed by atoms with E-state index in [-0.39, 0.29) is 18.3 Å². The molecule has 1 N–H and O–H groups in total. The van der Waals surface area contributed by atoms with Crippen LogP contribution in [-0.2, 0) is 17.9 Å². The molecule has 2 aromatic rings. The molecular weight excluding hydrogens is 376 g/mol. The number of benzene rings is 2. The Hall–Kier alpha value is -2.66. The third-order valence-electron chi connectivity index (χ3n) is 5.66. The number of hydrogen-bond donors (Lipinski definition) is 1. The fourth-order valence-electron chi connectivity index (χ4n) is 3.58. The molecule has 0 spiro atoms. The fourth-order valence-corrected chi connectivity index (χ4v) is 3.58. The molecule has 1 saturated heterocycles. The average molecular weight is 409 g/mol. The number of carbonyl (C=O) groups excluding carboxylic acids is 2. The van der Waals surface area contributed by atoms with Crippen LogP contribution in [0.3, 0.4) is 0 Å². The molecule has 0 aromatic heterocycles. The van der Waals surface area contributed by atoms with E-state index in [1.807, 2.05) is 6.92 Å². The maximum absolute atomic E-state index is 12.1. The van der Waals surface area contributed by atoms with Crippen LogP contribution in [0.4, 0.5) is 0 Å². The van der Waals surface area contributed by atoms with Crippen LogP contribution >= 0.6 is 0 Å². The topological polar surface area (TPSA) is 58.6 Å². The van der Waals surface area contributed by atoms with Crippen molar-refractivity contribution >= 4 is 11.7 Å². The predicted octanol–water partition coefficient (Wildman–Crippen LogP) is 4.21. The van der Waals surface area contributed by atoms with Gasteiger partial charge in [0.25, 0.3) is 5.91 Å². The molecule has 5 nitrogen and oxygen atoms in total. The minimum atomic E-state index is -0.171. The number of piperidine rings is 1. The zero-order chi connectivity index (χ0) is 21.3. The second-order valence-electron chi connectivity index (χ2n) is 8.14. The van der Waals surface area contributed by atoms with Crippen LogP contribution in [0.2, 0.25) is 0 Å². The van der Waals surface area contributed by atoms with Gasteiger partial charge in [-0.2, -0.15) is 0 Å². The van der Waals surface area contributed by atoms with Gasteiger partial charge in [-0.25, -0.2) is 0 Å². The lowest BCUT2D eigenvalue weighted by Crippen LogP contribution is -2.32. The highest BCUT2D eigenvalue weighted by atomic mass is 16.5. The van der Waals surface area contributed by atoms with Gasteiger partial charge in [-0.15, -0.1) is 0 Å². The van der Waals surface area contributed by atoms with Crippen molar-refractivity contribution in [2.45, 2.75) is 46.2 Å². The molecule has 30 heavy (non-hydrogen) atoms. The first-order valence-corrected chi connectivity index (χ1v) is 10.9. The Kier molecular flexibility index (Phi) is 8.03. The number of Topliss-reactive ketones (excluding diaryl/α,β-unsaturated/α-hetero) is 1. The first-order chi connectivity index (χ1) is 14.5. The van der Waals surface area contributed by atoms with E-state index in [1.54, 1.807) is 24.3 Å². The van der Waals surface area contributed by atoms with E-state index in [0.717, 1.165) is 18.0 Å². The summed E-state index contributed by atoms with van der Waals surface area (Å²) < 4.78 is 5.51. The Morgan fingerprint density at radius 2 is 1.63 bits per heavy atom. The molecule has 1 aliphatic rings. The van der Waals surface area contributed by atoms with E-state index in [9.17, 15) is 9.59 Å². The van der Waals surface area contributed by atoms with Crippen LogP contribution in [0.15, 0.2) is 48.5 Å². The molecule has 160 valence electrons. The minimum absolute atomic E-state index is 0.0491. The van der Waals surface area contributed by atoms with E-state index in [4.69, 9.17) is 4.74 Å². The summed E-state index contributed by atoms with van der Waals surface area (Å²) in [6.45, 7) is 7.94. The molecule has 0 bridgehead atoms. The number of ketones is 1. The molecule has 1 heterocycles. The van der Waals surface area contributed by atoms with Crippen molar-refractivity contribution in [1.29, 1.82) is 0 Å². The van der Waals surface area contributed by atoms with Gasteiger partial charge in [-0.3, -0.25) is 14.5 Å². The average Bonchev–Trinajstić information content (AvgIpc) is 2.78. The van der Waals surface area contributed by atoms with Gasteiger partial charge >= 0.3 is 0 Å². The molecule has 5 heteroatoms. The number of nitrogens with zero attached hydrogens (tertiary/aromatic N) is 1. The Labute approximate surface area is 179 Å². The van der Waals surface area contributed by atoms with E-state index < -0.39 is 0 Å². The molecule has 0 saturated carbocycles. The van der Waals surface area contributed by atoms with Gasteiger partial charge in [0, 0.05) is 25.1 Å².